The van der Waals surface area contributed by atoms with Gasteiger partial charge in [-0.05, 0) is 56.5 Å². The number of phenolic OH excluding ortho intramolecular Hbond substituents is 1. The zero-order valence-electron chi connectivity index (χ0n) is 22.1. The number of nitrogens with two attached hydrogens (primary N) is 1. The minimum Gasteiger partial charge on any atom is -0.508 e. The van der Waals surface area contributed by atoms with Crippen LogP contribution < -0.4 is 5.73 Å². The van der Waals surface area contributed by atoms with Crippen molar-refractivity contribution >= 4 is 23.2 Å². The van der Waals surface area contributed by atoms with Crippen LogP contribution in [-0.2, 0) is 33.5 Å². The highest BCUT2D eigenvalue weighted by atomic mass is 19.4. The Kier molecular flexibility index (Phi) is 6.74. The molecule has 2 fully saturated rings. The van der Waals surface area contributed by atoms with E-state index in [1.807, 2.05) is 0 Å². The van der Waals surface area contributed by atoms with Crippen LogP contribution in [0.15, 0.2) is 23.0 Å². The van der Waals surface area contributed by atoms with Gasteiger partial charge in [-0.1, -0.05) is 0 Å². The maximum atomic E-state index is 14.6. The Morgan fingerprint density at radius 3 is 2.41 bits per heavy atom. The molecule has 1 aromatic carbocycles. The first-order valence-corrected chi connectivity index (χ1v) is 13.0. The normalized spacial score (nSPS) is 30.5. The van der Waals surface area contributed by atoms with Crippen molar-refractivity contribution in [2.24, 2.45) is 17.6 Å². The molecule has 0 unspecified atom stereocenters. The Bertz CT molecular complexity index is 1440. The molecular weight excluding hydrogens is 554 g/mol. The van der Waals surface area contributed by atoms with Gasteiger partial charge in [-0.2, -0.15) is 13.2 Å². The zero-order chi connectivity index (χ0) is 30.3. The quantitative estimate of drug-likeness (QED) is 0.261. The smallest absolute Gasteiger partial charge is 0.417 e. The fourth-order valence-electron chi connectivity index (χ4n) is 7.03. The van der Waals surface area contributed by atoms with Gasteiger partial charge >= 0.3 is 6.18 Å². The van der Waals surface area contributed by atoms with Crippen LogP contribution in [0.2, 0.25) is 0 Å². The second kappa shape index (κ2) is 9.53. The minimum atomic E-state index is -4.95. The Labute approximate surface area is 231 Å². The zero-order valence-corrected chi connectivity index (χ0v) is 22.1. The number of Topliss-reactive ketones (excluding diaryl/α,β-unsaturated/α-hetero) is 2. The Morgan fingerprint density at radius 2 is 1.88 bits per heavy atom. The third kappa shape index (κ3) is 4.22. The van der Waals surface area contributed by atoms with Gasteiger partial charge in [0.25, 0.3) is 5.91 Å². The number of carbonyl (C=O) groups is 3. The summed E-state index contributed by atoms with van der Waals surface area (Å²) in [5.41, 5.74) is -1.75. The second-order valence-electron chi connectivity index (χ2n) is 11.4. The van der Waals surface area contributed by atoms with Crippen LogP contribution in [-0.4, -0.2) is 92.7 Å². The van der Waals surface area contributed by atoms with Gasteiger partial charge < -0.3 is 26.2 Å². The van der Waals surface area contributed by atoms with Crippen LogP contribution in [0.5, 0.6) is 5.75 Å². The van der Waals surface area contributed by atoms with Gasteiger partial charge in [0.15, 0.2) is 11.4 Å². The van der Waals surface area contributed by atoms with Crippen molar-refractivity contribution in [1.29, 1.82) is 0 Å². The molecule has 6 N–H and O–H groups in total. The highest BCUT2D eigenvalue weighted by Crippen LogP contribution is 2.54. The highest BCUT2D eigenvalue weighted by molar-refractivity contribution is 6.24. The molecule has 5 atom stereocenters. The number of likely N-dealkylation sites (tertiary alicyclic amines) is 1. The lowest BCUT2D eigenvalue weighted by Gasteiger charge is -2.50. The summed E-state index contributed by atoms with van der Waals surface area (Å²) in [6.07, 6.45) is -6.84. The molecule has 5 rings (SSSR count). The van der Waals surface area contributed by atoms with Gasteiger partial charge in [-0.15, -0.1) is 0 Å². The maximum absolute atomic E-state index is 14.6. The van der Waals surface area contributed by atoms with Crippen LogP contribution in [0.25, 0.3) is 5.76 Å². The summed E-state index contributed by atoms with van der Waals surface area (Å²) in [4.78, 5) is 41.8. The van der Waals surface area contributed by atoms with E-state index in [0.29, 0.717) is 0 Å². The van der Waals surface area contributed by atoms with Gasteiger partial charge in [0.1, 0.15) is 29.0 Å². The number of ketones is 2. The van der Waals surface area contributed by atoms with E-state index in [-0.39, 0.29) is 38.0 Å². The summed E-state index contributed by atoms with van der Waals surface area (Å²) >= 11 is 0. The molecule has 14 heteroatoms. The molecule has 1 saturated heterocycles. The second-order valence-corrected chi connectivity index (χ2v) is 11.4. The molecule has 222 valence electrons. The van der Waals surface area contributed by atoms with Crippen LogP contribution in [0.4, 0.5) is 17.6 Å². The Hall–Kier alpha value is -3.49. The molecule has 3 aliphatic carbocycles. The number of primary amides is 1. The van der Waals surface area contributed by atoms with E-state index in [1.54, 1.807) is 0 Å². The van der Waals surface area contributed by atoms with Crippen LogP contribution in [0, 0.1) is 11.8 Å². The lowest BCUT2D eigenvalue weighted by atomic mass is 9.57. The number of fused-ring (bicyclic) bond motifs is 3. The van der Waals surface area contributed by atoms with Crippen molar-refractivity contribution in [3.8, 4) is 5.75 Å². The number of aliphatic hydroxyl groups excluding tert-OH is 2. The van der Waals surface area contributed by atoms with Crippen molar-refractivity contribution in [3.63, 3.8) is 0 Å². The monoisotopic (exact) mass is 583 g/mol. The summed E-state index contributed by atoms with van der Waals surface area (Å²) in [5, 5.41) is 44.4. The molecule has 0 spiro atoms. The molecule has 1 amide bonds. The van der Waals surface area contributed by atoms with Gasteiger partial charge in [-0.3, -0.25) is 24.2 Å². The standard InChI is InChI=1S/C27H29F4N3O7/c1-33(2)20-14-6-10-5-13-17(15(35)7-11(19(13)27(29,30)31)8-34-4-3-12(28)9-34)21(36)16(10)23(38)26(14,41)24(39)18(22(20)37)25(32)40/h7,10,12,14,20,35-36,39,41H,3-6,8-9H2,1-2H3,(H2,32,40)/t10-,12+,14-,20-,26-/m0/s1. The SMILES string of the molecule is CN(C)[C@@H]1C(=O)C(C(N)=O)=C(O)[C@@]2(O)C(=O)C3=C(O)c4c(O)cc(CN5CC[C@@H](F)C5)c(C(F)(F)F)c4C[C@H]3C[C@@H]12. The van der Waals surface area contributed by atoms with Crippen molar-refractivity contribution in [2.75, 3.05) is 27.2 Å². The number of halogens is 4. The first kappa shape index (κ1) is 29.0. The largest absolute Gasteiger partial charge is 0.508 e. The fraction of sp³-hybridized carbons (Fsp3) is 0.519. The number of hydrogen-bond donors (Lipinski definition) is 5. The summed E-state index contributed by atoms with van der Waals surface area (Å²) in [6, 6.07) is -0.544. The Morgan fingerprint density at radius 1 is 1.22 bits per heavy atom. The van der Waals surface area contributed by atoms with Crippen molar-refractivity contribution in [1.82, 2.24) is 9.80 Å². The number of nitrogens with zero attached hydrogens (tertiary/aromatic N) is 2. The summed E-state index contributed by atoms with van der Waals surface area (Å²) in [5.74, 6) is -9.32. The number of benzene rings is 1. The van der Waals surface area contributed by atoms with Gasteiger partial charge in [0.05, 0.1) is 17.2 Å². The molecular formula is C27H29F4N3O7. The first-order valence-electron chi connectivity index (χ1n) is 13.0. The molecule has 1 aromatic rings. The van der Waals surface area contributed by atoms with Crippen LogP contribution in [0.3, 0.4) is 0 Å². The molecule has 1 aliphatic heterocycles. The average molecular weight is 584 g/mol. The number of phenols is 1. The molecule has 0 radical (unpaired) electrons. The topological polar surface area (TPSA) is 165 Å². The Balaban J connectivity index is 1.71. The van der Waals surface area contributed by atoms with E-state index < -0.39 is 105 Å². The predicted octanol–water partition coefficient (Wildman–Crippen LogP) is 1.53. The van der Waals surface area contributed by atoms with Gasteiger partial charge in [0.2, 0.25) is 5.78 Å². The third-order valence-corrected chi connectivity index (χ3v) is 8.70. The van der Waals surface area contributed by atoms with E-state index in [2.05, 4.69) is 0 Å². The summed E-state index contributed by atoms with van der Waals surface area (Å²) < 4.78 is 57.4. The minimum absolute atomic E-state index is 0.0773. The van der Waals surface area contributed by atoms with Crippen LogP contribution >= 0.6 is 0 Å². The van der Waals surface area contributed by atoms with Gasteiger partial charge in [-0.25, -0.2) is 4.39 Å². The lowest BCUT2D eigenvalue weighted by Crippen LogP contribution is -2.65. The number of likely N-dealkylation sites (N-methyl/N-ethyl adjacent to an activating group) is 1. The molecule has 0 bridgehead atoms. The molecule has 10 nitrogen and oxygen atoms in total. The maximum Gasteiger partial charge on any atom is 0.417 e. The predicted molar refractivity (Wildman–Crippen MR) is 134 cm³/mol. The van der Waals surface area contributed by atoms with E-state index in [0.717, 1.165) is 6.07 Å². The first-order chi connectivity index (χ1) is 19.0. The van der Waals surface area contributed by atoms with E-state index >= 15 is 0 Å². The van der Waals surface area contributed by atoms with Crippen molar-refractivity contribution in [3.05, 3.63) is 45.2 Å². The summed E-state index contributed by atoms with van der Waals surface area (Å²) in [6.45, 7) is -0.176. The highest BCUT2D eigenvalue weighted by Gasteiger charge is 2.64. The number of amides is 1. The van der Waals surface area contributed by atoms with E-state index in [4.69, 9.17) is 5.73 Å². The van der Waals surface area contributed by atoms with E-state index in [9.17, 15) is 52.4 Å². The number of aromatic hydroxyl groups is 1. The number of aliphatic hydroxyl groups is 3. The fourth-order valence-corrected chi connectivity index (χ4v) is 7.03. The molecule has 1 heterocycles. The van der Waals surface area contributed by atoms with Crippen molar-refractivity contribution in [2.45, 2.75) is 49.8 Å². The third-order valence-electron chi connectivity index (χ3n) is 8.70. The van der Waals surface area contributed by atoms with E-state index in [1.165, 1.54) is 23.9 Å². The lowest BCUT2D eigenvalue weighted by molar-refractivity contribution is -0.153. The molecule has 4 aliphatic rings. The van der Waals surface area contributed by atoms with Gasteiger partial charge in [0, 0.05) is 31.1 Å². The molecule has 41 heavy (non-hydrogen) atoms. The number of carbonyl (C=O) groups excluding carboxylic acids is 3. The van der Waals surface area contributed by atoms with Crippen molar-refractivity contribution < 1.29 is 52.4 Å². The van der Waals surface area contributed by atoms with Crippen LogP contribution in [0.1, 0.15) is 35.1 Å². The number of alkyl halides is 4. The average Bonchev–Trinajstić information content (AvgIpc) is 3.24. The molecule has 1 saturated carbocycles. The number of rotatable bonds is 4. The molecule has 0 aromatic heterocycles. The number of hydrogen-bond acceptors (Lipinski definition) is 9. The summed E-state index contributed by atoms with van der Waals surface area (Å²) in [7, 11) is 2.83.